The van der Waals surface area contributed by atoms with E-state index in [1.54, 1.807) is 13.3 Å². The third kappa shape index (κ3) is 6.35. The number of hydrogen-bond donors (Lipinski definition) is 2. The predicted molar refractivity (Wildman–Crippen MR) is 140 cm³/mol. The zero-order valence-electron chi connectivity index (χ0n) is 20.0. The van der Waals surface area contributed by atoms with Crippen LogP contribution in [0.1, 0.15) is 43.0 Å². The molecule has 5 heteroatoms. The largest absolute Gasteiger partial charge is 0.495 e. The van der Waals surface area contributed by atoms with Gasteiger partial charge >= 0.3 is 0 Å². The molecule has 5 nitrogen and oxygen atoms in total. The Morgan fingerprint density at radius 1 is 1.06 bits per heavy atom. The van der Waals surface area contributed by atoms with Crippen LogP contribution in [-0.2, 0) is 6.54 Å². The van der Waals surface area contributed by atoms with E-state index in [1.165, 1.54) is 11.1 Å². The maximum Gasteiger partial charge on any atom is 0.137 e. The molecule has 2 atom stereocenters. The van der Waals surface area contributed by atoms with Crippen molar-refractivity contribution in [2.45, 2.75) is 32.9 Å². The molecule has 0 fully saturated rings. The van der Waals surface area contributed by atoms with Gasteiger partial charge in [-0.25, -0.2) is 4.99 Å². The summed E-state index contributed by atoms with van der Waals surface area (Å²) in [5, 5.41) is 7.15. The summed E-state index contributed by atoms with van der Waals surface area (Å²) in [5.74, 6) is 1.97. The summed E-state index contributed by atoms with van der Waals surface area (Å²) in [6.07, 6.45) is 10.9. The summed E-state index contributed by atoms with van der Waals surface area (Å²) in [4.78, 5) is 9.26. The van der Waals surface area contributed by atoms with Crippen LogP contribution < -0.4 is 15.4 Å². The van der Waals surface area contributed by atoms with Crippen molar-refractivity contribution < 1.29 is 4.74 Å². The molecular weight excluding hydrogens is 420 g/mol. The highest BCUT2D eigenvalue weighted by molar-refractivity contribution is 6.09. The average Bonchev–Trinajstić information content (AvgIpc) is 2.86. The number of benzene rings is 2. The van der Waals surface area contributed by atoms with Crippen LogP contribution in [0.15, 0.2) is 102 Å². The predicted octanol–water partition coefficient (Wildman–Crippen LogP) is 6.28. The molecule has 4 rings (SSSR count). The monoisotopic (exact) mass is 452 g/mol. The molecule has 2 N–H and O–H groups in total. The highest BCUT2D eigenvalue weighted by Gasteiger charge is 2.12. The number of hydrogen-bond acceptors (Lipinski definition) is 5. The van der Waals surface area contributed by atoms with Crippen LogP contribution in [0.2, 0.25) is 0 Å². The van der Waals surface area contributed by atoms with Gasteiger partial charge < -0.3 is 15.4 Å². The van der Waals surface area contributed by atoms with Crippen molar-refractivity contribution in [3.8, 4) is 5.75 Å². The van der Waals surface area contributed by atoms with Crippen LogP contribution in [-0.4, -0.2) is 17.8 Å². The molecule has 1 aliphatic heterocycles. The molecule has 1 aliphatic rings. The first-order chi connectivity index (χ1) is 16.6. The highest BCUT2D eigenvalue weighted by Crippen LogP contribution is 2.22. The Hall–Kier alpha value is -3.86. The van der Waals surface area contributed by atoms with Crippen LogP contribution in [0.3, 0.4) is 0 Å². The highest BCUT2D eigenvalue weighted by atomic mass is 16.5. The fraction of sp³-hybridized carbons (Fsp3) is 0.241. The second-order valence-electron chi connectivity index (χ2n) is 8.61. The Bertz CT molecular complexity index is 1180. The first kappa shape index (κ1) is 23.3. The van der Waals surface area contributed by atoms with E-state index in [0.717, 1.165) is 41.5 Å². The molecule has 34 heavy (non-hydrogen) atoms. The number of ether oxygens (including phenoxy) is 1. The molecule has 3 aromatic rings. The number of nitrogens with zero attached hydrogens (tertiary/aromatic N) is 2. The molecule has 2 unspecified atom stereocenters. The fourth-order valence-electron chi connectivity index (χ4n) is 3.87. The summed E-state index contributed by atoms with van der Waals surface area (Å²) in [6.45, 7) is 5.17. The standard InChI is InChI=1S/C29H32N4O/c1-21-9-7-14-28(25-17-27(34-3)20-30-19-25)33-29(15-21)32-22(2)24-12-8-13-26(16-24)31-18-23-10-5-4-6-11-23/h4-8,10-17,19-22,31-32H,9,18H2,1-3H3. The van der Waals surface area contributed by atoms with E-state index in [4.69, 9.17) is 9.73 Å². The van der Waals surface area contributed by atoms with Gasteiger partial charge in [0.2, 0.25) is 0 Å². The number of anilines is 1. The lowest BCUT2D eigenvalue weighted by molar-refractivity contribution is 0.413. The van der Waals surface area contributed by atoms with Crippen molar-refractivity contribution in [3.63, 3.8) is 0 Å². The van der Waals surface area contributed by atoms with Crippen LogP contribution in [0, 0.1) is 5.92 Å². The zero-order valence-corrected chi connectivity index (χ0v) is 20.0. The van der Waals surface area contributed by atoms with Crippen molar-refractivity contribution in [1.82, 2.24) is 10.3 Å². The van der Waals surface area contributed by atoms with Crippen molar-refractivity contribution in [3.05, 3.63) is 114 Å². The second-order valence-corrected chi connectivity index (χ2v) is 8.61. The van der Waals surface area contributed by atoms with E-state index in [0.29, 0.717) is 5.92 Å². The summed E-state index contributed by atoms with van der Waals surface area (Å²) >= 11 is 0. The van der Waals surface area contributed by atoms with Crippen LogP contribution in [0.25, 0.3) is 0 Å². The third-order valence-corrected chi connectivity index (χ3v) is 5.80. The van der Waals surface area contributed by atoms with Crippen LogP contribution in [0.5, 0.6) is 5.75 Å². The number of pyridine rings is 1. The summed E-state index contributed by atoms with van der Waals surface area (Å²) in [7, 11) is 1.65. The lowest BCUT2D eigenvalue weighted by Gasteiger charge is -2.20. The minimum absolute atomic E-state index is 0.0914. The van der Waals surface area contributed by atoms with Crippen molar-refractivity contribution in [2.75, 3.05) is 12.4 Å². The Balaban J connectivity index is 1.51. The Morgan fingerprint density at radius 3 is 2.74 bits per heavy atom. The SMILES string of the molecule is COc1cncc(C2=NC(NC(C)c3cccc(NCc4ccccc4)c3)=CC(C)CC=C2)c1. The molecule has 2 heterocycles. The Morgan fingerprint density at radius 2 is 1.91 bits per heavy atom. The molecule has 2 aromatic carbocycles. The first-order valence-electron chi connectivity index (χ1n) is 11.7. The topological polar surface area (TPSA) is 58.5 Å². The number of methoxy groups -OCH3 is 1. The number of nitrogens with one attached hydrogen (secondary N) is 2. The molecular formula is C29H32N4O. The van der Waals surface area contributed by atoms with E-state index in [9.17, 15) is 0 Å². The van der Waals surface area contributed by atoms with Gasteiger partial charge in [0.15, 0.2) is 0 Å². The molecule has 0 aliphatic carbocycles. The molecule has 0 radical (unpaired) electrons. The number of aliphatic imine (C=N–C) groups is 1. The number of allylic oxidation sites excluding steroid dienone is 3. The van der Waals surface area contributed by atoms with Gasteiger partial charge in [0, 0.05) is 24.0 Å². The number of aromatic nitrogens is 1. The normalized spacial score (nSPS) is 16.5. The Kier molecular flexibility index (Phi) is 7.76. The summed E-state index contributed by atoms with van der Waals surface area (Å²) in [6, 6.07) is 21.0. The van der Waals surface area contributed by atoms with Crippen molar-refractivity contribution in [1.29, 1.82) is 0 Å². The lowest BCUT2D eigenvalue weighted by Crippen LogP contribution is -2.19. The third-order valence-electron chi connectivity index (χ3n) is 5.80. The van der Waals surface area contributed by atoms with E-state index >= 15 is 0 Å². The second kappa shape index (κ2) is 11.3. The molecule has 0 bridgehead atoms. The van der Waals surface area contributed by atoms with E-state index in [1.807, 2.05) is 18.3 Å². The lowest BCUT2D eigenvalue weighted by atomic mass is 10.0. The van der Waals surface area contributed by atoms with Gasteiger partial charge in [-0.2, -0.15) is 0 Å². The van der Waals surface area contributed by atoms with Gasteiger partial charge in [0.05, 0.1) is 25.1 Å². The van der Waals surface area contributed by atoms with Gasteiger partial charge in [-0.1, -0.05) is 55.5 Å². The molecule has 0 amide bonds. The van der Waals surface area contributed by atoms with Gasteiger partial charge in [-0.05, 0) is 60.7 Å². The van der Waals surface area contributed by atoms with Gasteiger partial charge in [-0.3, -0.25) is 4.98 Å². The molecule has 0 saturated carbocycles. The van der Waals surface area contributed by atoms with Crippen molar-refractivity contribution in [2.24, 2.45) is 10.9 Å². The maximum atomic E-state index is 5.35. The van der Waals surface area contributed by atoms with Gasteiger partial charge in [0.1, 0.15) is 11.6 Å². The zero-order chi connectivity index (χ0) is 23.8. The minimum atomic E-state index is 0.0914. The average molecular weight is 453 g/mol. The van der Waals surface area contributed by atoms with Gasteiger partial charge in [0.25, 0.3) is 0 Å². The minimum Gasteiger partial charge on any atom is -0.495 e. The number of rotatable bonds is 8. The molecule has 0 spiro atoms. The van der Waals surface area contributed by atoms with Crippen LogP contribution in [0.4, 0.5) is 5.69 Å². The first-order valence-corrected chi connectivity index (χ1v) is 11.7. The van der Waals surface area contributed by atoms with Crippen molar-refractivity contribution >= 4 is 11.4 Å². The smallest absolute Gasteiger partial charge is 0.137 e. The van der Waals surface area contributed by atoms with Gasteiger partial charge in [-0.15, -0.1) is 0 Å². The molecule has 174 valence electrons. The quantitative estimate of drug-likeness (QED) is 0.422. The van der Waals surface area contributed by atoms with E-state index in [2.05, 4.69) is 96.2 Å². The van der Waals surface area contributed by atoms with E-state index < -0.39 is 0 Å². The molecule has 0 saturated heterocycles. The summed E-state index contributed by atoms with van der Waals surface area (Å²) in [5.41, 5.74) is 5.35. The van der Waals surface area contributed by atoms with Crippen LogP contribution >= 0.6 is 0 Å². The summed E-state index contributed by atoms with van der Waals surface area (Å²) < 4.78 is 5.35. The maximum absolute atomic E-state index is 5.35. The fourth-order valence-corrected chi connectivity index (χ4v) is 3.87. The van der Waals surface area contributed by atoms with E-state index in [-0.39, 0.29) is 6.04 Å². The Labute approximate surface area is 202 Å². The molecule has 1 aromatic heterocycles.